The van der Waals surface area contributed by atoms with Crippen LogP contribution in [0, 0.1) is 17.8 Å². The summed E-state index contributed by atoms with van der Waals surface area (Å²) < 4.78 is 8.06. The number of nitrogens with zero attached hydrogens (tertiary/aromatic N) is 5. The number of carbonyl (C=O) groups excluding carboxylic acids is 1. The molecule has 0 unspecified atom stereocenters. The van der Waals surface area contributed by atoms with Gasteiger partial charge in [-0.2, -0.15) is 14.6 Å². The van der Waals surface area contributed by atoms with E-state index in [1.807, 2.05) is 4.68 Å². The van der Waals surface area contributed by atoms with Crippen molar-refractivity contribution in [2.75, 3.05) is 6.61 Å². The van der Waals surface area contributed by atoms with Crippen molar-refractivity contribution in [1.82, 2.24) is 24.4 Å². The van der Waals surface area contributed by atoms with Crippen LogP contribution in [-0.4, -0.2) is 37.0 Å². The van der Waals surface area contributed by atoms with Gasteiger partial charge in [-0.05, 0) is 63.2 Å². The molecule has 0 N–H and O–H groups in total. The van der Waals surface area contributed by atoms with Crippen molar-refractivity contribution in [2.24, 2.45) is 17.8 Å². The molecule has 8 heteroatoms. The molecule has 4 saturated carbocycles. The smallest absolute Gasteiger partial charge is 0.364 e. The molecule has 0 spiro atoms. The number of hydrogen-bond donors (Lipinski definition) is 0. The van der Waals surface area contributed by atoms with E-state index in [4.69, 9.17) is 4.74 Å². The molecule has 0 radical (unpaired) electrons. The van der Waals surface area contributed by atoms with Gasteiger partial charge >= 0.3 is 11.5 Å². The topological polar surface area (TPSA) is 91.4 Å². The maximum atomic E-state index is 12.6. The summed E-state index contributed by atoms with van der Waals surface area (Å²) in [4.78, 5) is 29.1. The van der Waals surface area contributed by atoms with Crippen LogP contribution in [0.5, 0.6) is 0 Å². The zero-order chi connectivity index (χ0) is 17.2. The lowest BCUT2D eigenvalue weighted by Gasteiger charge is -2.56. The fourth-order valence-corrected chi connectivity index (χ4v) is 5.78. The monoisotopic (exact) mass is 343 g/mol. The molecule has 0 atom stereocenters. The zero-order valence-corrected chi connectivity index (χ0v) is 14.2. The molecule has 6 rings (SSSR count). The molecule has 4 fully saturated rings. The van der Waals surface area contributed by atoms with Crippen LogP contribution in [0.25, 0.3) is 5.78 Å². The van der Waals surface area contributed by atoms with Crippen LogP contribution in [-0.2, 0) is 10.3 Å². The molecule has 2 aromatic rings. The van der Waals surface area contributed by atoms with Crippen LogP contribution in [0.3, 0.4) is 0 Å². The van der Waals surface area contributed by atoms with Crippen molar-refractivity contribution in [2.45, 2.75) is 51.0 Å². The summed E-state index contributed by atoms with van der Waals surface area (Å²) in [5, 5.41) is 8.52. The minimum Gasteiger partial charge on any atom is -0.461 e. The van der Waals surface area contributed by atoms with Gasteiger partial charge in [0.15, 0.2) is 0 Å². The maximum Gasteiger partial charge on any atom is 0.364 e. The van der Waals surface area contributed by atoms with Crippen LogP contribution in [0.15, 0.2) is 11.1 Å². The van der Waals surface area contributed by atoms with Gasteiger partial charge < -0.3 is 4.74 Å². The fraction of sp³-hybridized carbons (Fsp3) is 0.706. The Morgan fingerprint density at radius 2 is 1.88 bits per heavy atom. The van der Waals surface area contributed by atoms with E-state index in [0.29, 0.717) is 23.5 Å². The Labute approximate surface area is 144 Å². The van der Waals surface area contributed by atoms with Gasteiger partial charge in [-0.15, -0.1) is 5.10 Å². The van der Waals surface area contributed by atoms with E-state index in [-0.39, 0.29) is 17.8 Å². The van der Waals surface area contributed by atoms with E-state index in [9.17, 15) is 9.59 Å². The maximum absolute atomic E-state index is 12.6. The van der Waals surface area contributed by atoms with Crippen molar-refractivity contribution in [3.05, 3.63) is 22.4 Å². The zero-order valence-electron chi connectivity index (χ0n) is 14.2. The van der Waals surface area contributed by atoms with E-state index < -0.39 is 11.5 Å². The van der Waals surface area contributed by atoms with Gasteiger partial charge in [0.25, 0.3) is 5.78 Å². The molecule has 4 aliphatic rings. The van der Waals surface area contributed by atoms with E-state index in [1.165, 1.54) is 30.1 Å². The summed E-state index contributed by atoms with van der Waals surface area (Å²) >= 11 is 0. The Morgan fingerprint density at radius 1 is 1.24 bits per heavy atom. The lowest BCUT2D eigenvalue weighted by atomic mass is 9.53. The van der Waals surface area contributed by atoms with Gasteiger partial charge in [-0.1, -0.05) is 0 Å². The van der Waals surface area contributed by atoms with Crippen LogP contribution in [0.1, 0.15) is 55.9 Å². The van der Waals surface area contributed by atoms with Gasteiger partial charge in [-0.25, -0.2) is 9.48 Å². The van der Waals surface area contributed by atoms with Crippen LogP contribution < -0.4 is 5.56 Å². The number of ether oxygens (including phenoxy) is 1. The third-order valence-corrected chi connectivity index (χ3v) is 6.24. The van der Waals surface area contributed by atoms with Gasteiger partial charge in [0.2, 0.25) is 5.69 Å². The molecule has 132 valence electrons. The number of esters is 1. The molecule has 0 aromatic carbocycles. The van der Waals surface area contributed by atoms with E-state index in [0.717, 1.165) is 19.3 Å². The van der Waals surface area contributed by atoms with Crippen molar-refractivity contribution < 1.29 is 9.53 Å². The molecule has 4 bridgehead atoms. The number of fused-ring (bicyclic) bond motifs is 1. The Balaban J connectivity index is 1.71. The van der Waals surface area contributed by atoms with Crippen molar-refractivity contribution in [3.8, 4) is 0 Å². The third-order valence-electron chi connectivity index (χ3n) is 6.24. The average Bonchev–Trinajstić information content (AvgIpc) is 3.04. The van der Waals surface area contributed by atoms with Gasteiger partial charge in [-0.3, -0.25) is 4.79 Å². The average molecular weight is 343 g/mol. The number of hydrogen-bond acceptors (Lipinski definition) is 6. The van der Waals surface area contributed by atoms with E-state index in [2.05, 4.69) is 15.2 Å². The fourth-order valence-electron chi connectivity index (χ4n) is 5.78. The normalized spacial score (nSPS) is 33.1. The molecule has 2 heterocycles. The molecule has 25 heavy (non-hydrogen) atoms. The number of rotatable bonds is 3. The van der Waals surface area contributed by atoms with E-state index >= 15 is 0 Å². The number of carbonyl (C=O) groups is 1. The number of aromatic nitrogens is 5. The van der Waals surface area contributed by atoms with Gasteiger partial charge in [0.1, 0.15) is 6.33 Å². The largest absolute Gasteiger partial charge is 0.461 e. The van der Waals surface area contributed by atoms with Crippen molar-refractivity contribution in [1.29, 1.82) is 0 Å². The van der Waals surface area contributed by atoms with Crippen LogP contribution in [0.2, 0.25) is 0 Å². The second kappa shape index (κ2) is 5.12. The van der Waals surface area contributed by atoms with E-state index in [1.54, 1.807) is 6.92 Å². The Kier molecular flexibility index (Phi) is 3.08. The minimum atomic E-state index is -0.691. The minimum absolute atomic E-state index is 0.155. The summed E-state index contributed by atoms with van der Waals surface area (Å²) in [5.74, 6) is 1.87. The SMILES string of the molecule is CCOC(=O)c1nn(C23CC4CC(CC(C4)C2)C3)c2ncnn2c1=O. The lowest BCUT2D eigenvalue weighted by molar-refractivity contribution is -0.0488. The van der Waals surface area contributed by atoms with Gasteiger partial charge in [0, 0.05) is 0 Å². The molecule has 0 saturated heterocycles. The molecular formula is C17H21N5O3. The molecule has 8 nitrogen and oxygen atoms in total. The first-order valence-electron chi connectivity index (χ1n) is 9.10. The van der Waals surface area contributed by atoms with Crippen molar-refractivity contribution in [3.63, 3.8) is 0 Å². The molecule has 0 aliphatic heterocycles. The lowest BCUT2D eigenvalue weighted by Crippen LogP contribution is -2.53. The summed E-state index contributed by atoms with van der Waals surface area (Å²) in [7, 11) is 0. The molecule has 2 aromatic heterocycles. The highest BCUT2D eigenvalue weighted by molar-refractivity contribution is 5.86. The van der Waals surface area contributed by atoms with Crippen LogP contribution >= 0.6 is 0 Å². The first-order valence-corrected chi connectivity index (χ1v) is 9.10. The standard InChI is InChI=1S/C17H21N5O3/c1-2-25-15(24)13-14(23)21-16(18-9-19-21)22(20-13)17-6-10-3-11(7-17)5-12(4-10)8-17/h9-12H,2-8H2,1H3. The molecule has 0 amide bonds. The quantitative estimate of drug-likeness (QED) is 0.782. The third kappa shape index (κ3) is 2.09. The highest BCUT2D eigenvalue weighted by atomic mass is 16.5. The Bertz CT molecular complexity index is 879. The summed E-state index contributed by atoms with van der Waals surface area (Å²) in [6.45, 7) is 1.91. The highest BCUT2D eigenvalue weighted by Crippen LogP contribution is 2.58. The predicted octanol–water partition coefficient (Wildman–Crippen LogP) is 1.39. The molecule has 4 aliphatic carbocycles. The second-order valence-electron chi connectivity index (χ2n) is 7.90. The van der Waals surface area contributed by atoms with Crippen molar-refractivity contribution >= 4 is 11.7 Å². The first-order chi connectivity index (χ1) is 12.1. The summed E-state index contributed by atoms with van der Waals surface area (Å²) in [6.07, 6.45) is 8.37. The summed E-state index contributed by atoms with van der Waals surface area (Å²) in [5.41, 5.74) is -0.916. The Morgan fingerprint density at radius 3 is 2.48 bits per heavy atom. The summed E-state index contributed by atoms with van der Waals surface area (Å²) in [6, 6.07) is 0. The Hall–Kier alpha value is -2.25. The highest BCUT2D eigenvalue weighted by Gasteiger charge is 2.53. The van der Waals surface area contributed by atoms with Crippen LogP contribution in [0.4, 0.5) is 0 Å². The van der Waals surface area contributed by atoms with Gasteiger partial charge in [0.05, 0.1) is 12.1 Å². The first kappa shape index (κ1) is 15.0. The second-order valence-corrected chi connectivity index (χ2v) is 7.90. The molecular weight excluding hydrogens is 322 g/mol. The predicted molar refractivity (Wildman–Crippen MR) is 87.1 cm³/mol.